The zero-order valence-corrected chi connectivity index (χ0v) is 10.1. The van der Waals surface area contributed by atoms with E-state index in [1.54, 1.807) is 0 Å². The largest absolute Gasteiger partial charge is 0.438 e. The molecule has 0 bridgehead atoms. The fourth-order valence-corrected chi connectivity index (χ4v) is 2.57. The first-order valence-corrected chi connectivity index (χ1v) is 5.98. The Hall–Kier alpha value is -2.10. The summed E-state index contributed by atoms with van der Waals surface area (Å²) in [5.41, 5.74) is 2.18. The summed E-state index contributed by atoms with van der Waals surface area (Å²) in [4.78, 5) is 15.8. The highest BCUT2D eigenvalue weighted by molar-refractivity contribution is 5.91. The van der Waals surface area contributed by atoms with Crippen molar-refractivity contribution in [3.8, 4) is 0 Å². The van der Waals surface area contributed by atoms with Crippen LogP contribution in [-0.2, 0) is 12.0 Å². The van der Waals surface area contributed by atoms with Crippen LogP contribution in [0.5, 0.6) is 0 Å². The SMILES string of the molecule is CC1(NC(=O)c2cnco2)CCc2ccccc21. The van der Waals surface area contributed by atoms with Crippen LogP contribution in [0.3, 0.4) is 0 Å². The van der Waals surface area contributed by atoms with E-state index in [0.717, 1.165) is 12.8 Å². The summed E-state index contributed by atoms with van der Waals surface area (Å²) in [7, 11) is 0. The first-order chi connectivity index (χ1) is 8.69. The molecule has 0 fully saturated rings. The van der Waals surface area contributed by atoms with Crippen molar-refractivity contribution in [3.05, 3.63) is 53.7 Å². The van der Waals surface area contributed by atoms with Crippen LogP contribution in [-0.4, -0.2) is 10.9 Å². The van der Waals surface area contributed by atoms with Crippen LogP contribution < -0.4 is 5.32 Å². The molecule has 0 saturated heterocycles. The Bertz CT molecular complexity index is 577. The van der Waals surface area contributed by atoms with Crippen molar-refractivity contribution >= 4 is 5.91 Å². The summed E-state index contributed by atoms with van der Waals surface area (Å²) in [6.45, 7) is 2.05. The van der Waals surface area contributed by atoms with Crippen molar-refractivity contribution in [3.63, 3.8) is 0 Å². The summed E-state index contributed by atoms with van der Waals surface area (Å²) in [5, 5.41) is 3.04. The number of fused-ring (bicyclic) bond motifs is 1. The van der Waals surface area contributed by atoms with Crippen LogP contribution in [0, 0.1) is 0 Å². The minimum Gasteiger partial charge on any atom is -0.438 e. The minimum absolute atomic E-state index is 0.216. The third-order valence-corrected chi connectivity index (χ3v) is 3.55. The molecule has 92 valence electrons. The number of nitrogens with zero attached hydrogens (tertiary/aromatic N) is 1. The number of carbonyl (C=O) groups is 1. The Balaban J connectivity index is 1.87. The predicted octanol–water partition coefficient (Wildman–Crippen LogP) is 2.27. The van der Waals surface area contributed by atoms with E-state index in [1.807, 2.05) is 19.1 Å². The molecule has 1 aromatic heterocycles. The van der Waals surface area contributed by atoms with Gasteiger partial charge in [0.25, 0.3) is 5.91 Å². The number of amides is 1. The molecule has 1 heterocycles. The average molecular weight is 242 g/mol. The second-order valence-electron chi connectivity index (χ2n) is 4.81. The number of benzene rings is 1. The first kappa shape index (κ1) is 11.0. The average Bonchev–Trinajstić information content (AvgIpc) is 2.99. The Labute approximate surface area is 105 Å². The van der Waals surface area contributed by atoms with Gasteiger partial charge in [0.1, 0.15) is 0 Å². The maximum atomic E-state index is 12.0. The summed E-state index contributed by atoms with van der Waals surface area (Å²) in [6, 6.07) is 8.22. The van der Waals surface area contributed by atoms with Gasteiger partial charge in [0, 0.05) is 0 Å². The molecule has 1 atom stereocenters. The predicted molar refractivity (Wildman–Crippen MR) is 66.1 cm³/mol. The maximum Gasteiger partial charge on any atom is 0.289 e. The lowest BCUT2D eigenvalue weighted by atomic mass is 9.94. The highest BCUT2D eigenvalue weighted by atomic mass is 16.3. The van der Waals surface area contributed by atoms with Crippen molar-refractivity contribution < 1.29 is 9.21 Å². The third kappa shape index (κ3) is 1.70. The zero-order valence-electron chi connectivity index (χ0n) is 10.1. The van der Waals surface area contributed by atoms with E-state index < -0.39 is 0 Å². The summed E-state index contributed by atoms with van der Waals surface area (Å²) >= 11 is 0. The minimum atomic E-state index is -0.319. The van der Waals surface area contributed by atoms with E-state index in [1.165, 1.54) is 23.7 Å². The maximum absolute atomic E-state index is 12.0. The van der Waals surface area contributed by atoms with Gasteiger partial charge in [0.2, 0.25) is 5.76 Å². The molecule has 3 rings (SSSR count). The number of aromatic nitrogens is 1. The lowest BCUT2D eigenvalue weighted by molar-refractivity contribution is 0.0876. The molecule has 0 radical (unpaired) electrons. The van der Waals surface area contributed by atoms with Gasteiger partial charge in [0.15, 0.2) is 6.39 Å². The van der Waals surface area contributed by atoms with Crippen LogP contribution in [0.15, 0.2) is 41.3 Å². The lowest BCUT2D eigenvalue weighted by Crippen LogP contribution is -2.41. The molecular formula is C14H14N2O2. The smallest absolute Gasteiger partial charge is 0.289 e. The van der Waals surface area contributed by atoms with Crippen LogP contribution >= 0.6 is 0 Å². The summed E-state index contributed by atoms with van der Waals surface area (Å²) in [6.07, 6.45) is 4.59. The van der Waals surface area contributed by atoms with Crippen molar-refractivity contribution in [1.82, 2.24) is 10.3 Å². The molecule has 0 aliphatic heterocycles. The van der Waals surface area contributed by atoms with Gasteiger partial charge in [-0.05, 0) is 30.9 Å². The molecule has 18 heavy (non-hydrogen) atoms. The number of rotatable bonds is 2. The quantitative estimate of drug-likeness (QED) is 0.878. The van der Waals surface area contributed by atoms with Crippen molar-refractivity contribution in [2.75, 3.05) is 0 Å². The van der Waals surface area contributed by atoms with Gasteiger partial charge in [-0.1, -0.05) is 24.3 Å². The monoisotopic (exact) mass is 242 g/mol. The Morgan fingerprint density at radius 3 is 3.06 bits per heavy atom. The van der Waals surface area contributed by atoms with Crippen LogP contribution in [0.4, 0.5) is 0 Å². The first-order valence-electron chi connectivity index (χ1n) is 5.98. The van der Waals surface area contributed by atoms with Crippen molar-refractivity contribution in [2.45, 2.75) is 25.3 Å². The molecule has 4 heteroatoms. The number of hydrogen-bond acceptors (Lipinski definition) is 3. The molecule has 4 nitrogen and oxygen atoms in total. The fourth-order valence-electron chi connectivity index (χ4n) is 2.57. The number of carbonyl (C=O) groups excluding carboxylic acids is 1. The van der Waals surface area contributed by atoms with Crippen molar-refractivity contribution in [1.29, 1.82) is 0 Å². The second kappa shape index (κ2) is 3.98. The Kier molecular flexibility index (Phi) is 2.44. The molecule has 2 aromatic rings. The molecule has 1 aliphatic rings. The van der Waals surface area contributed by atoms with E-state index in [-0.39, 0.29) is 17.2 Å². The van der Waals surface area contributed by atoms with Crippen molar-refractivity contribution in [2.24, 2.45) is 0 Å². The fraction of sp³-hybridized carbons (Fsp3) is 0.286. The van der Waals surface area contributed by atoms with Crippen LogP contribution in [0.1, 0.15) is 35.0 Å². The standard InChI is InChI=1S/C14H14N2O2/c1-14(16-13(17)12-8-15-9-18-12)7-6-10-4-2-3-5-11(10)14/h2-5,8-9H,6-7H2,1H3,(H,16,17). The van der Waals surface area contributed by atoms with Crippen LogP contribution in [0.2, 0.25) is 0 Å². The molecule has 1 aromatic carbocycles. The van der Waals surface area contributed by atoms with Gasteiger partial charge >= 0.3 is 0 Å². The molecule has 1 unspecified atom stereocenters. The Morgan fingerprint density at radius 2 is 2.28 bits per heavy atom. The second-order valence-corrected chi connectivity index (χ2v) is 4.81. The van der Waals surface area contributed by atoms with E-state index in [2.05, 4.69) is 22.4 Å². The lowest BCUT2D eigenvalue weighted by Gasteiger charge is -2.26. The van der Waals surface area contributed by atoms with Gasteiger partial charge < -0.3 is 9.73 Å². The topological polar surface area (TPSA) is 55.1 Å². The molecule has 0 spiro atoms. The van der Waals surface area contributed by atoms with E-state index in [4.69, 9.17) is 4.42 Å². The molecule has 1 N–H and O–H groups in total. The number of aryl methyl sites for hydroxylation is 1. The van der Waals surface area contributed by atoms with Crippen LogP contribution in [0.25, 0.3) is 0 Å². The van der Waals surface area contributed by atoms with Gasteiger partial charge in [-0.2, -0.15) is 0 Å². The molecule has 1 amide bonds. The van der Waals surface area contributed by atoms with Gasteiger partial charge in [-0.3, -0.25) is 4.79 Å². The van der Waals surface area contributed by atoms with Gasteiger partial charge in [0.05, 0.1) is 11.7 Å². The summed E-state index contributed by atoms with van der Waals surface area (Å²) < 4.78 is 5.02. The van der Waals surface area contributed by atoms with E-state index in [0.29, 0.717) is 0 Å². The van der Waals surface area contributed by atoms with E-state index in [9.17, 15) is 4.79 Å². The highest BCUT2D eigenvalue weighted by Gasteiger charge is 2.35. The molecular weight excluding hydrogens is 228 g/mol. The van der Waals surface area contributed by atoms with Gasteiger partial charge in [-0.25, -0.2) is 4.98 Å². The third-order valence-electron chi connectivity index (χ3n) is 3.55. The highest BCUT2D eigenvalue weighted by Crippen LogP contribution is 2.36. The number of hydrogen-bond donors (Lipinski definition) is 1. The number of oxazole rings is 1. The normalized spacial score (nSPS) is 21.6. The molecule has 1 aliphatic carbocycles. The zero-order chi connectivity index (χ0) is 12.6. The Morgan fingerprint density at radius 1 is 1.44 bits per heavy atom. The summed E-state index contributed by atoms with van der Waals surface area (Å²) in [5.74, 6) is 0.0345. The number of nitrogens with one attached hydrogen (secondary N) is 1. The molecule has 0 saturated carbocycles. The van der Waals surface area contributed by atoms with E-state index >= 15 is 0 Å². The van der Waals surface area contributed by atoms with Gasteiger partial charge in [-0.15, -0.1) is 0 Å².